The number of carbonyl (C=O) groups is 4. The first kappa shape index (κ1) is 128. The SMILES string of the molecule is CC[C@H]1OC(=O)[C@H](C)[C@@H](O[C@H]2C[C@@](C)(OC)[C@@H](O)[C@H](C)O2)[C@H](C)[C@@H](O[C@@H]2O[C@H](C)C[C@H](N(C)C)[C@H]2O)[C@@](C)(O)C[C@@H](C)C(=O)[C@H](C)[C@@H](O)[C@]1(C)O.CC[C@H]1OC(=O)[C@H](C)[C@@H](O[C@H]2C[C@@](C)(OC)[C@@H](O)[C@H](C)O2)[C@H](C)[C@@H](O[C@@H]2O[C@H](C)C[C@H](N(C)C)[C@H]2O)[C@]2(C)CC(C)=C(O2)[C@H](C)[C@@H](O)[C@]1(C)O.CC[C@H]1OC(=O)[C@H](C)[C@@H](O[C@H]2C[C@@](C)(OC)[C@@H](O)[C@H](C)O2)[C@H](C)[C@@H](O[C@@H]2O[C@H](C)C[C@H](N(C)C)[C@H]2O)[C@]2(C)C[C@@H](C)[C@]3(O[C@@]1(C)C=C3C)O2.[H+].[H+]. The highest BCUT2D eigenvalue weighted by molar-refractivity contribution is 5.83. The highest BCUT2D eigenvalue weighted by atomic mass is 16.8. The number of nitrogens with zero attached hydrogens (tertiary/aromatic N) is 3. The van der Waals surface area contributed by atoms with Crippen molar-refractivity contribution in [3.8, 4) is 0 Å². The largest absolute Gasteiger partial charge is 1.00 e. The van der Waals surface area contributed by atoms with E-state index in [4.69, 9.17) is 99.5 Å². The maximum atomic E-state index is 14.2. The molecule has 0 saturated carbocycles. The predicted molar refractivity (Wildman–Crippen MR) is 552 cm³/mol. The highest BCUT2D eigenvalue weighted by Crippen LogP contribution is 2.58. The molecule has 10 saturated heterocycles. The normalized spacial score (nSPS) is 50.5. The molecule has 0 aromatic carbocycles. The summed E-state index contributed by atoms with van der Waals surface area (Å²) in [4.78, 5) is 62.0. The number of cyclic esters (lactones) is 3. The molecule has 39 nitrogen and oxygen atoms in total. The third-order valence-electron chi connectivity index (χ3n) is 36.0. The Labute approximate surface area is 894 Å². The smallest absolute Gasteiger partial charge is 0.489 e. The number of Topliss-reactive ketones (excluding diaryl/α,β-unsaturated/α-hetero) is 1. The number of esters is 3. The zero-order valence-corrected chi connectivity index (χ0v) is 97.3. The zero-order valence-electron chi connectivity index (χ0n) is 99.3. The second-order valence-corrected chi connectivity index (χ2v) is 49.3. The maximum absolute atomic E-state index is 14.2. The van der Waals surface area contributed by atoms with Crippen molar-refractivity contribution in [3.63, 3.8) is 0 Å². The maximum Gasteiger partial charge on any atom is 1.00 e. The van der Waals surface area contributed by atoms with E-state index in [1.165, 1.54) is 41.9 Å². The van der Waals surface area contributed by atoms with E-state index in [9.17, 15) is 75.3 Å². The van der Waals surface area contributed by atoms with Gasteiger partial charge < -0.3 is 170 Å². The predicted octanol–water partition coefficient (Wildman–Crippen LogP) is 8.84. The third-order valence-corrected chi connectivity index (χ3v) is 36.0. The van der Waals surface area contributed by atoms with Crippen LogP contribution in [-0.4, -0.2) is 411 Å². The number of hydrogen-bond acceptors (Lipinski definition) is 39. The van der Waals surface area contributed by atoms with Gasteiger partial charge in [-0.25, -0.2) is 0 Å². The summed E-state index contributed by atoms with van der Waals surface area (Å²) in [6.07, 6.45) is -19.5. The molecular weight excluding hydrogens is 1950 g/mol. The summed E-state index contributed by atoms with van der Waals surface area (Å²) in [5.74, 6) is -10.2. The minimum atomic E-state index is -1.99. The monoisotopic (exact) mass is 2150 g/mol. The molecule has 870 valence electrons. The number of aliphatic hydroxyl groups is 11. The lowest BCUT2D eigenvalue weighted by molar-refractivity contribution is -0.337. The van der Waals surface area contributed by atoms with Gasteiger partial charge in [-0.15, -0.1) is 0 Å². The Morgan fingerprint density at radius 2 is 0.713 bits per heavy atom. The summed E-state index contributed by atoms with van der Waals surface area (Å²) in [6, 6.07) is -0.749. The molecule has 0 amide bonds. The van der Waals surface area contributed by atoms with Crippen molar-refractivity contribution in [1.29, 1.82) is 0 Å². The Kier molecular flexibility index (Phi) is 42.4. The number of rotatable bonds is 21. The summed E-state index contributed by atoms with van der Waals surface area (Å²) in [7, 11) is 16.0. The van der Waals surface area contributed by atoms with Crippen molar-refractivity contribution in [2.75, 3.05) is 63.6 Å². The Bertz CT molecular complexity index is 4490. The number of hydrogen-bond donors (Lipinski definition) is 11. The molecule has 10 fully saturated rings. The molecule has 1 spiro atoms. The number of fused-ring (bicyclic) bond motifs is 4. The van der Waals surface area contributed by atoms with Crippen LogP contribution in [0.2, 0.25) is 0 Å². The fourth-order valence-electron chi connectivity index (χ4n) is 26.5. The molecule has 11 N–H and O–H groups in total. The molecule has 150 heavy (non-hydrogen) atoms. The average Bonchev–Trinajstić information content (AvgIpc) is 1.55. The molecule has 12 aliphatic rings. The summed E-state index contributed by atoms with van der Waals surface area (Å²) < 4.78 is 134. The van der Waals surface area contributed by atoms with Crippen LogP contribution in [0.4, 0.5) is 0 Å². The van der Waals surface area contributed by atoms with Gasteiger partial charge in [-0.2, -0.15) is 0 Å². The highest BCUT2D eigenvalue weighted by Gasteiger charge is 2.67. The molecule has 0 radical (unpaired) electrons. The lowest BCUT2D eigenvalue weighted by Crippen LogP contribution is -2.61. The van der Waals surface area contributed by atoms with Gasteiger partial charge in [-0.05, 0) is 249 Å². The van der Waals surface area contributed by atoms with Crippen molar-refractivity contribution in [1.82, 2.24) is 14.7 Å². The minimum absolute atomic E-state index is 0. The Morgan fingerprint density at radius 1 is 0.393 bits per heavy atom. The van der Waals surface area contributed by atoms with Gasteiger partial charge in [-0.3, -0.25) is 19.2 Å². The lowest BCUT2D eigenvalue weighted by Gasteiger charge is -2.49. The van der Waals surface area contributed by atoms with Gasteiger partial charge in [-0.1, -0.05) is 69.2 Å². The Balaban J connectivity index is 0.000000275. The van der Waals surface area contributed by atoms with Gasteiger partial charge >= 0.3 is 20.8 Å². The van der Waals surface area contributed by atoms with Crippen LogP contribution in [-0.2, 0) is 119 Å². The molecule has 0 unspecified atom stereocenters. The standard InChI is InChI=1S/C37H67NO13.C37H65NO12.C37H63NO11/c1-14-25-37(10,45)30(41)20(4)27(39)18(2)16-35(8,44)32(51-34-28(40)24(38(11)12)15-19(3)47-34)21(5)29(22(6)33(43)49-25)50-26-17-36(9,46-13)31(42)23(7)48-26;1-14-25-37(10,43)30(40)20(4)28-18(2)16-36(9,50-28)32(49-34-27(39)24(38(11)12)15-19(3)45-34)21(5)29(22(6)33(42)47-25)48-26-17-35(8,44-13)31(41)23(7)46-26;1-14-26-34(8)16-19(2)37(48-34)20(3)17-36(10,49-37)31(47-33-28(39)25(38(11)12)15-21(4)43-33)22(5)29(23(6)32(41)45-26)46-27-18-35(9,42-13)30(40)24(7)44-27/h18-26,28-32,34,40-42,44-45H,14-17H2,1-13H3;19-27,29-32,34,39-41,43H,14-17H2,1-13H3;16,20-31,33,39-40H,14-15,17-18H2,1-13H3/p+2/t18-,19-,20+,21+,22-,23+,24+,25-,26+,28-,29+,30-,31+,32-,34+,35+,36-,37-;19-,20+,21+,22-,23+,24+,25-,26+,27-,29+,30-,31+,32-,34+,35-,36+,37-;20-,21-,22+,23-,24+,25+,26-,27+,28-,29+,30+,31-,33+,34+,35-,36+,37-/m111/s1. The molecule has 5 bridgehead atoms. The van der Waals surface area contributed by atoms with E-state index in [-0.39, 0.29) is 83.7 Å². The fraction of sp³-hybridized carbons (Fsp3) is 0.928. The number of aliphatic hydroxyl groups excluding tert-OH is 8. The fourth-order valence-corrected chi connectivity index (χ4v) is 26.5. The summed E-state index contributed by atoms with van der Waals surface area (Å²) in [5.41, 5.74) is -9.74. The van der Waals surface area contributed by atoms with Crippen LogP contribution in [0.3, 0.4) is 0 Å². The second-order valence-electron chi connectivity index (χ2n) is 49.3. The first-order valence-corrected chi connectivity index (χ1v) is 55.0. The van der Waals surface area contributed by atoms with Crippen molar-refractivity contribution in [3.05, 3.63) is 23.0 Å². The van der Waals surface area contributed by atoms with Crippen molar-refractivity contribution in [2.45, 2.75) is 537 Å². The van der Waals surface area contributed by atoms with E-state index in [1.54, 1.807) is 97.1 Å². The van der Waals surface area contributed by atoms with E-state index < -0.39 is 293 Å². The summed E-state index contributed by atoms with van der Waals surface area (Å²) in [6.45, 7) is 53.7. The van der Waals surface area contributed by atoms with Crippen molar-refractivity contribution in [2.24, 2.45) is 59.2 Å². The van der Waals surface area contributed by atoms with Gasteiger partial charge in [0, 0.05) is 107 Å². The van der Waals surface area contributed by atoms with E-state index in [2.05, 4.69) is 6.92 Å². The number of carbonyl (C=O) groups excluding carboxylic acids is 4. The topological polar surface area (TPSA) is 494 Å². The molecule has 0 aromatic heterocycles. The number of ether oxygens (including phenoxy) is 21. The molecule has 12 rings (SSSR count). The van der Waals surface area contributed by atoms with Crippen LogP contribution in [0.25, 0.3) is 0 Å². The Morgan fingerprint density at radius 3 is 1.05 bits per heavy atom. The van der Waals surface area contributed by atoms with Crippen LogP contribution in [0.1, 0.15) is 288 Å². The lowest BCUT2D eigenvalue weighted by atomic mass is 9.74. The zero-order chi connectivity index (χ0) is 113. The number of ketones is 1. The quantitative estimate of drug-likeness (QED) is 0.0290. The van der Waals surface area contributed by atoms with Crippen molar-refractivity contribution >= 4 is 23.7 Å². The van der Waals surface area contributed by atoms with Gasteiger partial charge in [0.1, 0.15) is 95.0 Å². The first-order chi connectivity index (χ1) is 69.3. The van der Waals surface area contributed by atoms with Gasteiger partial charge in [0.25, 0.3) is 0 Å². The first-order valence-electron chi connectivity index (χ1n) is 55.0. The average molecular weight is 2150 g/mol. The van der Waals surface area contributed by atoms with Crippen LogP contribution >= 0.6 is 0 Å². The molecular formula is C111H197N3O36+2. The second kappa shape index (κ2) is 49.8. The molecule has 0 aliphatic carbocycles. The van der Waals surface area contributed by atoms with E-state index in [1.807, 2.05) is 146 Å². The van der Waals surface area contributed by atoms with Crippen LogP contribution in [0.5, 0.6) is 0 Å². The van der Waals surface area contributed by atoms with E-state index in [0.717, 1.165) is 11.1 Å². The molecule has 0 aromatic rings. The van der Waals surface area contributed by atoms with E-state index >= 15 is 0 Å². The van der Waals surface area contributed by atoms with Crippen LogP contribution < -0.4 is 0 Å². The van der Waals surface area contributed by atoms with E-state index in [0.29, 0.717) is 44.3 Å². The Hall–Kier alpha value is -3.88. The van der Waals surface area contributed by atoms with Crippen LogP contribution in [0.15, 0.2) is 23.0 Å². The number of methoxy groups -OCH3 is 3. The summed E-state index contributed by atoms with van der Waals surface area (Å²) >= 11 is 0. The van der Waals surface area contributed by atoms with Gasteiger partial charge in [0.05, 0.1) is 125 Å². The molecule has 39 heteroatoms. The van der Waals surface area contributed by atoms with Gasteiger partial charge in [0.2, 0.25) is 0 Å². The summed E-state index contributed by atoms with van der Waals surface area (Å²) in [5, 5.41) is 126. The molecule has 12 aliphatic heterocycles. The van der Waals surface area contributed by atoms with Crippen LogP contribution in [0, 0.1) is 59.2 Å². The molecule has 12 heterocycles. The number of likely N-dealkylation sites (N-methyl/N-ethyl adjacent to an activating group) is 3. The third kappa shape index (κ3) is 26.6. The molecule has 52 atom stereocenters. The van der Waals surface area contributed by atoms with Gasteiger partial charge in [0.15, 0.2) is 43.5 Å². The minimum Gasteiger partial charge on any atom is -0.489 e. The van der Waals surface area contributed by atoms with Crippen molar-refractivity contribution < 1.29 is 178 Å².